The molecule has 0 radical (unpaired) electrons. The first-order chi connectivity index (χ1) is 9.52. The van der Waals surface area contributed by atoms with Gasteiger partial charge in [-0.05, 0) is 31.5 Å². The average Bonchev–Trinajstić information content (AvgIpc) is 2.43. The fourth-order valence-electron chi connectivity index (χ4n) is 1.67. The van der Waals surface area contributed by atoms with Gasteiger partial charge in [0.25, 0.3) is 0 Å². The third-order valence-corrected chi connectivity index (χ3v) is 2.82. The topological polar surface area (TPSA) is 73.9 Å². The van der Waals surface area contributed by atoms with Gasteiger partial charge < -0.3 is 25.1 Å². The Kier molecular flexibility index (Phi) is 7.54. The maximum Gasteiger partial charge on any atom is 0.119 e. The third-order valence-electron chi connectivity index (χ3n) is 2.82. The second-order valence-corrected chi connectivity index (χ2v) is 4.92. The lowest BCUT2D eigenvalue weighted by molar-refractivity contribution is -0.0423. The van der Waals surface area contributed by atoms with E-state index in [2.05, 4.69) is 0 Å². The van der Waals surface area contributed by atoms with Gasteiger partial charge in [0.15, 0.2) is 0 Å². The van der Waals surface area contributed by atoms with E-state index in [1.54, 1.807) is 7.11 Å². The summed E-state index contributed by atoms with van der Waals surface area (Å²) >= 11 is 0. The summed E-state index contributed by atoms with van der Waals surface area (Å²) in [7, 11) is 1.62. The van der Waals surface area contributed by atoms with Crippen molar-refractivity contribution in [3.63, 3.8) is 0 Å². The summed E-state index contributed by atoms with van der Waals surface area (Å²) in [5.74, 6) is 0.707. The Labute approximate surface area is 120 Å². The molecule has 0 saturated carbocycles. The number of rotatable bonds is 9. The molecule has 0 saturated heterocycles. The number of benzene rings is 1. The Hall–Kier alpha value is -1.14. The zero-order valence-corrected chi connectivity index (χ0v) is 12.4. The molecule has 0 aromatic heterocycles. The lowest BCUT2D eigenvalue weighted by atomic mass is 10.1. The molecular weight excluding hydrogens is 258 g/mol. The average molecular weight is 283 g/mol. The molecule has 0 spiro atoms. The van der Waals surface area contributed by atoms with Gasteiger partial charge in [-0.3, -0.25) is 0 Å². The van der Waals surface area contributed by atoms with Crippen LogP contribution in [-0.4, -0.2) is 44.2 Å². The largest absolute Gasteiger partial charge is 0.491 e. The molecule has 0 aliphatic carbocycles. The molecule has 0 amide bonds. The molecule has 1 aromatic rings. The quantitative estimate of drug-likeness (QED) is 0.718. The minimum absolute atomic E-state index is 0.00492. The maximum atomic E-state index is 9.76. The van der Waals surface area contributed by atoms with Gasteiger partial charge in [0.05, 0.1) is 19.3 Å². The Morgan fingerprint density at radius 1 is 1.10 bits per heavy atom. The van der Waals surface area contributed by atoms with Crippen LogP contribution in [0.1, 0.15) is 25.5 Å². The van der Waals surface area contributed by atoms with E-state index in [-0.39, 0.29) is 25.4 Å². The molecule has 3 N–H and O–H groups in total. The van der Waals surface area contributed by atoms with Crippen LogP contribution in [0.25, 0.3) is 0 Å². The number of aliphatic hydroxyl groups excluding tert-OH is 1. The monoisotopic (exact) mass is 283 g/mol. The highest BCUT2D eigenvalue weighted by Gasteiger charge is 2.09. The molecule has 5 heteroatoms. The summed E-state index contributed by atoms with van der Waals surface area (Å²) < 4.78 is 15.9. The van der Waals surface area contributed by atoms with Crippen molar-refractivity contribution in [3.05, 3.63) is 29.8 Å². The molecule has 0 heterocycles. The van der Waals surface area contributed by atoms with Crippen molar-refractivity contribution >= 4 is 0 Å². The predicted molar refractivity (Wildman–Crippen MR) is 77.8 cm³/mol. The third kappa shape index (κ3) is 6.34. The summed E-state index contributed by atoms with van der Waals surface area (Å²) in [5.41, 5.74) is 6.82. The number of nitrogens with two attached hydrogens (primary N) is 1. The van der Waals surface area contributed by atoms with Crippen LogP contribution in [0.15, 0.2) is 24.3 Å². The van der Waals surface area contributed by atoms with Crippen molar-refractivity contribution in [1.82, 2.24) is 0 Å². The molecule has 0 aliphatic heterocycles. The molecule has 114 valence electrons. The van der Waals surface area contributed by atoms with E-state index in [0.29, 0.717) is 12.4 Å². The van der Waals surface area contributed by atoms with Crippen LogP contribution in [0.4, 0.5) is 0 Å². The summed E-state index contributed by atoms with van der Waals surface area (Å²) in [5, 5.41) is 9.76. The lowest BCUT2D eigenvalue weighted by Gasteiger charge is -2.16. The maximum absolute atomic E-state index is 9.76. The molecule has 1 aromatic carbocycles. The van der Waals surface area contributed by atoms with Crippen molar-refractivity contribution in [2.45, 2.75) is 32.1 Å². The summed E-state index contributed by atoms with van der Waals surface area (Å²) in [6.45, 7) is 4.74. The SMILES string of the molecule is COCC(C)OCC(O)COc1ccc([C@H](C)N)cc1. The van der Waals surface area contributed by atoms with E-state index in [1.807, 2.05) is 38.1 Å². The van der Waals surface area contributed by atoms with Gasteiger partial charge in [-0.25, -0.2) is 0 Å². The van der Waals surface area contributed by atoms with Gasteiger partial charge in [0, 0.05) is 13.2 Å². The standard InChI is InChI=1S/C15H25NO4/c1-11(8-18-3)19-9-14(17)10-20-15-6-4-13(5-7-15)12(2)16/h4-7,11-12,14,17H,8-10,16H2,1-3H3/t11?,12-,14?/m0/s1. The van der Waals surface area contributed by atoms with E-state index in [0.717, 1.165) is 5.56 Å². The van der Waals surface area contributed by atoms with E-state index in [4.69, 9.17) is 19.9 Å². The first-order valence-electron chi connectivity index (χ1n) is 6.80. The number of aliphatic hydroxyl groups is 1. The smallest absolute Gasteiger partial charge is 0.119 e. The van der Waals surface area contributed by atoms with Crippen LogP contribution in [0, 0.1) is 0 Å². The van der Waals surface area contributed by atoms with Crippen molar-refractivity contribution in [2.24, 2.45) is 5.73 Å². The number of methoxy groups -OCH3 is 1. The van der Waals surface area contributed by atoms with Crippen LogP contribution in [-0.2, 0) is 9.47 Å². The predicted octanol–water partition coefficient (Wildman–Crippen LogP) is 1.50. The zero-order valence-electron chi connectivity index (χ0n) is 12.4. The Morgan fingerprint density at radius 2 is 1.75 bits per heavy atom. The van der Waals surface area contributed by atoms with Crippen molar-refractivity contribution < 1.29 is 19.3 Å². The highest BCUT2D eigenvalue weighted by atomic mass is 16.5. The summed E-state index contributed by atoms with van der Waals surface area (Å²) in [4.78, 5) is 0. The molecule has 0 fully saturated rings. The Bertz CT molecular complexity index is 367. The van der Waals surface area contributed by atoms with Crippen molar-refractivity contribution in [3.8, 4) is 5.75 Å². The Morgan fingerprint density at radius 3 is 2.30 bits per heavy atom. The summed E-state index contributed by atoms with van der Waals surface area (Å²) in [6.07, 6.45) is -0.706. The van der Waals surface area contributed by atoms with E-state index < -0.39 is 6.10 Å². The van der Waals surface area contributed by atoms with Crippen LogP contribution < -0.4 is 10.5 Å². The first kappa shape index (κ1) is 16.9. The van der Waals surface area contributed by atoms with Gasteiger partial charge in [-0.2, -0.15) is 0 Å². The van der Waals surface area contributed by atoms with Gasteiger partial charge in [-0.15, -0.1) is 0 Å². The second kappa shape index (κ2) is 8.92. The zero-order chi connectivity index (χ0) is 15.0. The number of hydrogen-bond acceptors (Lipinski definition) is 5. The van der Waals surface area contributed by atoms with E-state index in [9.17, 15) is 5.11 Å². The first-order valence-corrected chi connectivity index (χ1v) is 6.80. The minimum atomic E-state index is -0.664. The molecule has 0 aliphatic rings. The molecule has 20 heavy (non-hydrogen) atoms. The van der Waals surface area contributed by atoms with E-state index >= 15 is 0 Å². The van der Waals surface area contributed by atoms with Crippen molar-refractivity contribution in [2.75, 3.05) is 26.9 Å². The lowest BCUT2D eigenvalue weighted by Crippen LogP contribution is -2.27. The van der Waals surface area contributed by atoms with Crippen LogP contribution in [0.2, 0.25) is 0 Å². The highest BCUT2D eigenvalue weighted by molar-refractivity contribution is 5.28. The van der Waals surface area contributed by atoms with E-state index in [1.165, 1.54) is 0 Å². The fourth-order valence-corrected chi connectivity index (χ4v) is 1.67. The van der Waals surface area contributed by atoms with Crippen LogP contribution in [0.3, 0.4) is 0 Å². The van der Waals surface area contributed by atoms with Gasteiger partial charge in [0.2, 0.25) is 0 Å². The highest BCUT2D eigenvalue weighted by Crippen LogP contribution is 2.16. The molecule has 3 atom stereocenters. The normalized spacial score (nSPS) is 15.7. The molecule has 2 unspecified atom stereocenters. The summed E-state index contributed by atoms with van der Waals surface area (Å²) in [6, 6.07) is 7.54. The Balaban J connectivity index is 2.28. The van der Waals surface area contributed by atoms with Gasteiger partial charge >= 0.3 is 0 Å². The molecule has 1 rings (SSSR count). The second-order valence-electron chi connectivity index (χ2n) is 4.92. The molecule has 5 nitrogen and oxygen atoms in total. The van der Waals surface area contributed by atoms with Crippen LogP contribution >= 0.6 is 0 Å². The van der Waals surface area contributed by atoms with Gasteiger partial charge in [0.1, 0.15) is 18.5 Å². The number of ether oxygens (including phenoxy) is 3. The van der Waals surface area contributed by atoms with Gasteiger partial charge in [-0.1, -0.05) is 12.1 Å². The number of hydrogen-bond donors (Lipinski definition) is 2. The minimum Gasteiger partial charge on any atom is -0.491 e. The fraction of sp³-hybridized carbons (Fsp3) is 0.600. The molecular formula is C15H25NO4. The van der Waals surface area contributed by atoms with Crippen LogP contribution in [0.5, 0.6) is 5.75 Å². The molecule has 0 bridgehead atoms. The van der Waals surface area contributed by atoms with Crippen molar-refractivity contribution in [1.29, 1.82) is 0 Å².